The van der Waals surface area contributed by atoms with E-state index in [1.165, 1.54) is 0 Å². The average Bonchev–Trinajstić information content (AvgIpc) is 1.92. The van der Waals surface area contributed by atoms with Crippen molar-refractivity contribution in [1.29, 1.82) is 0 Å². The summed E-state index contributed by atoms with van der Waals surface area (Å²) in [4.78, 5) is 0. The lowest BCUT2D eigenvalue weighted by atomic mass is 10.2. The van der Waals surface area contributed by atoms with Crippen LogP contribution < -0.4 is 0 Å². The molecule has 0 bridgehead atoms. The van der Waals surface area contributed by atoms with Gasteiger partial charge >= 0.3 is 0 Å². The van der Waals surface area contributed by atoms with Gasteiger partial charge in [-0.25, -0.2) is 0 Å². The van der Waals surface area contributed by atoms with Crippen LogP contribution in [-0.4, -0.2) is 15.9 Å². The Morgan fingerprint density at radius 3 is 2.11 bits per heavy atom. The Bertz CT molecular complexity index is 163. The van der Waals surface area contributed by atoms with Crippen molar-refractivity contribution in [3.8, 4) is 0 Å². The van der Waals surface area contributed by atoms with Crippen molar-refractivity contribution >= 4 is 35.0 Å². The standard InChI is InChI=1S/C4H5IN4/c1-4(5)2-6-8-9-7-3-4/h2-3H,1H3. The van der Waals surface area contributed by atoms with Gasteiger partial charge in [0, 0.05) is 0 Å². The fourth-order valence-corrected chi connectivity index (χ4v) is 0.606. The van der Waals surface area contributed by atoms with Crippen molar-refractivity contribution in [2.24, 2.45) is 20.6 Å². The summed E-state index contributed by atoms with van der Waals surface area (Å²) < 4.78 is -0.138. The molecule has 5 heteroatoms. The molecule has 1 rings (SSSR count). The fraction of sp³-hybridized carbons (Fsp3) is 0.500. The number of alkyl halides is 1. The molecule has 48 valence electrons. The predicted octanol–water partition coefficient (Wildman–Crippen LogP) is 1.62. The molecule has 0 fully saturated rings. The normalized spacial score (nSPS) is 22.0. The zero-order valence-electron chi connectivity index (χ0n) is 4.82. The van der Waals surface area contributed by atoms with Crippen LogP contribution in [0, 0.1) is 0 Å². The Hall–Kier alpha value is -0.330. The van der Waals surface area contributed by atoms with E-state index in [0.29, 0.717) is 0 Å². The molecule has 4 nitrogen and oxygen atoms in total. The Kier molecular flexibility index (Phi) is 1.89. The van der Waals surface area contributed by atoms with Crippen LogP contribution in [0.25, 0.3) is 0 Å². The zero-order chi connectivity index (χ0) is 6.74. The first-order chi connectivity index (χ1) is 4.21. The first kappa shape index (κ1) is 6.79. The van der Waals surface area contributed by atoms with Crippen molar-refractivity contribution in [3.63, 3.8) is 0 Å². The smallest absolute Gasteiger partial charge is 0.0932 e. The van der Waals surface area contributed by atoms with Crippen LogP contribution in [0.1, 0.15) is 6.92 Å². The molecule has 0 aromatic heterocycles. The lowest BCUT2D eigenvalue weighted by Gasteiger charge is -2.04. The molecule has 1 aliphatic heterocycles. The second kappa shape index (κ2) is 2.51. The highest BCUT2D eigenvalue weighted by molar-refractivity contribution is 14.1. The number of halogens is 1. The highest BCUT2D eigenvalue weighted by atomic mass is 127. The number of nitrogens with zero attached hydrogens (tertiary/aromatic N) is 4. The molecule has 0 atom stereocenters. The summed E-state index contributed by atoms with van der Waals surface area (Å²) in [6, 6.07) is 0. The molecular weight excluding hydrogens is 231 g/mol. The molecule has 0 aliphatic carbocycles. The van der Waals surface area contributed by atoms with Crippen LogP contribution in [0.4, 0.5) is 0 Å². The third-order valence-electron chi connectivity index (χ3n) is 0.764. The Labute approximate surface area is 66.3 Å². The summed E-state index contributed by atoms with van der Waals surface area (Å²) in [6.45, 7) is 1.97. The van der Waals surface area contributed by atoms with Crippen molar-refractivity contribution in [2.75, 3.05) is 0 Å². The van der Waals surface area contributed by atoms with E-state index in [2.05, 4.69) is 43.2 Å². The third-order valence-corrected chi connectivity index (χ3v) is 1.32. The summed E-state index contributed by atoms with van der Waals surface area (Å²) in [5.41, 5.74) is 0. The molecule has 0 spiro atoms. The van der Waals surface area contributed by atoms with E-state index in [-0.39, 0.29) is 3.42 Å². The van der Waals surface area contributed by atoms with Gasteiger partial charge in [-0.2, -0.15) is 0 Å². The SMILES string of the molecule is CC1(I)C=NN=NN=C1. The summed E-state index contributed by atoms with van der Waals surface area (Å²) in [5, 5.41) is 14.0. The zero-order valence-corrected chi connectivity index (χ0v) is 6.98. The monoisotopic (exact) mass is 236 g/mol. The van der Waals surface area contributed by atoms with Crippen molar-refractivity contribution in [1.82, 2.24) is 0 Å². The minimum atomic E-state index is -0.138. The largest absolute Gasteiger partial charge is 0.140 e. The fourth-order valence-electron chi connectivity index (χ4n) is 0.357. The van der Waals surface area contributed by atoms with Gasteiger partial charge in [-0.15, -0.1) is 10.2 Å². The van der Waals surface area contributed by atoms with E-state index in [9.17, 15) is 0 Å². The van der Waals surface area contributed by atoms with Gasteiger partial charge in [0.2, 0.25) is 0 Å². The van der Waals surface area contributed by atoms with E-state index < -0.39 is 0 Å². The molecule has 0 radical (unpaired) electrons. The summed E-state index contributed by atoms with van der Waals surface area (Å²) >= 11 is 2.20. The minimum Gasteiger partial charge on any atom is -0.140 e. The van der Waals surface area contributed by atoms with Crippen LogP contribution in [0.5, 0.6) is 0 Å². The third kappa shape index (κ3) is 2.17. The van der Waals surface area contributed by atoms with E-state index in [0.717, 1.165) is 0 Å². The van der Waals surface area contributed by atoms with Gasteiger partial charge in [-0.3, -0.25) is 0 Å². The van der Waals surface area contributed by atoms with Gasteiger partial charge in [0.25, 0.3) is 0 Å². The topological polar surface area (TPSA) is 49.4 Å². The number of hydrogen-bond acceptors (Lipinski definition) is 4. The van der Waals surface area contributed by atoms with Crippen molar-refractivity contribution in [2.45, 2.75) is 10.3 Å². The molecule has 1 heterocycles. The average molecular weight is 236 g/mol. The molecule has 0 unspecified atom stereocenters. The molecular formula is C4H5IN4. The van der Waals surface area contributed by atoms with Crippen LogP contribution in [0.2, 0.25) is 0 Å². The first-order valence-electron chi connectivity index (χ1n) is 2.38. The molecule has 9 heavy (non-hydrogen) atoms. The summed E-state index contributed by atoms with van der Waals surface area (Å²) in [7, 11) is 0. The van der Waals surface area contributed by atoms with Gasteiger partial charge < -0.3 is 0 Å². The lowest BCUT2D eigenvalue weighted by molar-refractivity contribution is 0.972. The van der Waals surface area contributed by atoms with Gasteiger partial charge in [-0.1, -0.05) is 22.6 Å². The molecule has 0 amide bonds. The van der Waals surface area contributed by atoms with E-state index in [1.807, 2.05) is 6.92 Å². The number of hydrogen-bond donors (Lipinski definition) is 0. The first-order valence-corrected chi connectivity index (χ1v) is 3.46. The quantitative estimate of drug-likeness (QED) is 0.453. The van der Waals surface area contributed by atoms with Crippen molar-refractivity contribution < 1.29 is 0 Å². The van der Waals surface area contributed by atoms with Crippen LogP contribution in [0.3, 0.4) is 0 Å². The lowest BCUT2D eigenvalue weighted by Crippen LogP contribution is -2.17. The van der Waals surface area contributed by atoms with E-state index in [1.54, 1.807) is 12.4 Å². The van der Waals surface area contributed by atoms with E-state index in [4.69, 9.17) is 0 Å². The van der Waals surface area contributed by atoms with E-state index >= 15 is 0 Å². The second-order valence-corrected chi connectivity index (χ2v) is 4.14. The molecule has 0 aromatic rings. The summed E-state index contributed by atoms with van der Waals surface area (Å²) in [5.74, 6) is 0. The van der Waals surface area contributed by atoms with Gasteiger partial charge in [0.1, 0.15) is 0 Å². The highest BCUT2D eigenvalue weighted by Gasteiger charge is 2.14. The Balaban J connectivity index is 2.82. The van der Waals surface area contributed by atoms with Crippen LogP contribution >= 0.6 is 22.6 Å². The Morgan fingerprint density at radius 2 is 1.67 bits per heavy atom. The highest BCUT2D eigenvalue weighted by Crippen LogP contribution is 2.13. The maximum atomic E-state index is 3.62. The van der Waals surface area contributed by atoms with Crippen LogP contribution in [0.15, 0.2) is 20.6 Å². The molecule has 1 aliphatic rings. The van der Waals surface area contributed by atoms with Crippen LogP contribution in [-0.2, 0) is 0 Å². The molecule has 0 saturated heterocycles. The predicted molar refractivity (Wildman–Crippen MR) is 44.3 cm³/mol. The maximum absolute atomic E-state index is 3.62. The molecule has 0 N–H and O–H groups in total. The Morgan fingerprint density at radius 1 is 1.22 bits per heavy atom. The van der Waals surface area contributed by atoms with Gasteiger partial charge in [-0.05, 0) is 17.4 Å². The molecule has 0 aromatic carbocycles. The summed E-state index contributed by atoms with van der Waals surface area (Å²) in [6.07, 6.45) is 3.38. The van der Waals surface area contributed by atoms with Gasteiger partial charge in [0.15, 0.2) is 0 Å². The second-order valence-electron chi connectivity index (χ2n) is 1.82. The minimum absolute atomic E-state index is 0.138. The maximum Gasteiger partial charge on any atom is 0.0932 e. The molecule has 0 saturated carbocycles. The number of rotatable bonds is 0. The van der Waals surface area contributed by atoms with Gasteiger partial charge in [0.05, 0.1) is 15.9 Å². The van der Waals surface area contributed by atoms with Crippen molar-refractivity contribution in [3.05, 3.63) is 0 Å².